The molecule has 2 atom stereocenters. The van der Waals surface area contributed by atoms with Gasteiger partial charge in [-0.1, -0.05) is 42.2 Å². The molecular formula is C28H25N3O5. The highest BCUT2D eigenvalue weighted by molar-refractivity contribution is 5.98. The van der Waals surface area contributed by atoms with E-state index < -0.39 is 24.1 Å². The Bertz CT molecular complexity index is 1300. The van der Waals surface area contributed by atoms with Crippen LogP contribution in [-0.4, -0.2) is 45.6 Å². The second-order valence-electron chi connectivity index (χ2n) is 8.33. The maximum atomic E-state index is 12.9. The van der Waals surface area contributed by atoms with Crippen LogP contribution in [0.25, 0.3) is 0 Å². The SMILES string of the molecule is O=C(O)Nc1ccc(C#Cc2ccc(NC(=O)[C@@H]3CCCN3C(=O)[C@H](O)c3ccccc3)cc2)cc1. The van der Waals surface area contributed by atoms with Crippen LogP contribution in [0.1, 0.15) is 35.6 Å². The van der Waals surface area contributed by atoms with Crippen LogP contribution in [0.4, 0.5) is 16.2 Å². The predicted molar refractivity (Wildman–Crippen MR) is 135 cm³/mol. The zero-order valence-electron chi connectivity index (χ0n) is 19.3. The lowest BCUT2D eigenvalue weighted by atomic mass is 10.1. The van der Waals surface area contributed by atoms with Crippen molar-refractivity contribution in [1.29, 1.82) is 0 Å². The molecule has 0 bridgehead atoms. The zero-order valence-corrected chi connectivity index (χ0v) is 19.3. The summed E-state index contributed by atoms with van der Waals surface area (Å²) in [6.07, 6.45) is -1.21. The smallest absolute Gasteiger partial charge is 0.409 e. The first-order chi connectivity index (χ1) is 17.4. The van der Waals surface area contributed by atoms with E-state index in [9.17, 15) is 19.5 Å². The van der Waals surface area contributed by atoms with E-state index in [1.165, 1.54) is 4.90 Å². The Morgan fingerprint density at radius 3 is 1.94 bits per heavy atom. The molecule has 0 aliphatic carbocycles. The number of likely N-dealkylation sites (tertiary alicyclic amines) is 1. The van der Waals surface area contributed by atoms with Crippen LogP contribution >= 0.6 is 0 Å². The number of benzene rings is 3. The van der Waals surface area contributed by atoms with Crippen molar-refractivity contribution in [3.63, 3.8) is 0 Å². The fourth-order valence-corrected chi connectivity index (χ4v) is 4.01. The first-order valence-corrected chi connectivity index (χ1v) is 11.5. The number of aliphatic hydroxyl groups excluding tert-OH is 1. The minimum absolute atomic E-state index is 0.296. The first-order valence-electron chi connectivity index (χ1n) is 11.5. The molecule has 8 nitrogen and oxygen atoms in total. The molecule has 1 aliphatic heterocycles. The maximum Gasteiger partial charge on any atom is 0.409 e. The molecule has 0 unspecified atom stereocenters. The van der Waals surface area contributed by atoms with Gasteiger partial charge in [0.05, 0.1) is 0 Å². The van der Waals surface area contributed by atoms with Crippen molar-refractivity contribution >= 4 is 29.3 Å². The van der Waals surface area contributed by atoms with Crippen LogP contribution in [0.2, 0.25) is 0 Å². The average Bonchev–Trinajstić information content (AvgIpc) is 3.39. The summed E-state index contributed by atoms with van der Waals surface area (Å²) in [7, 11) is 0. The largest absolute Gasteiger partial charge is 0.465 e. The number of amides is 3. The number of nitrogens with zero attached hydrogens (tertiary/aromatic N) is 1. The predicted octanol–water partition coefficient (Wildman–Crippen LogP) is 3.84. The third kappa shape index (κ3) is 6.09. The van der Waals surface area contributed by atoms with Gasteiger partial charge in [-0.15, -0.1) is 0 Å². The lowest BCUT2D eigenvalue weighted by Gasteiger charge is -2.26. The molecule has 4 rings (SSSR count). The molecule has 1 heterocycles. The zero-order chi connectivity index (χ0) is 25.5. The van der Waals surface area contributed by atoms with E-state index in [4.69, 9.17) is 5.11 Å². The molecule has 0 spiro atoms. The van der Waals surface area contributed by atoms with Crippen molar-refractivity contribution in [2.24, 2.45) is 0 Å². The topological polar surface area (TPSA) is 119 Å². The molecule has 1 fully saturated rings. The van der Waals surface area contributed by atoms with Gasteiger partial charge in [0.1, 0.15) is 6.04 Å². The molecule has 1 aliphatic rings. The number of carbonyl (C=O) groups is 3. The minimum atomic E-state index is -1.30. The Kier molecular flexibility index (Phi) is 7.63. The Labute approximate surface area is 208 Å². The summed E-state index contributed by atoms with van der Waals surface area (Å²) < 4.78 is 0. The number of hydrogen-bond donors (Lipinski definition) is 4. The Hall–Kier alpha value is -4.61. The standard InChI is InChI=1S/C28H25N3O5/c32-25(21-5-2-1-3-6-21)27(34)31-18-4-7-24(31)26(33)29-22-14-10-19(11-15-22)8-9-20-12-16-23(17-13-20)30-28(35)36/h1-3,5-6,10-17,24-25,30,32H,4,7,18H2,(H,29,33)(H,35,36)/t24-,25+/m0/s1. The van der Waals surface area contributed by atoms with Gasteiger partial charge in [-0.25, -0.2) is 4.79 Å². The van der Waals surface area contributed by atoms with Gasteiger partial charge >= 0.3 is 6.09 Å². The lowest BCUT2D eigenvalue weighted by molar-refractivity contribution is -0.144. The molecule has 3 aromatic rings. The average molecular weight is 484 g/mol. The lowest BCUT2D eigenvalue weighted by Crippen LogP contribution is -2.45. The number of rotatable bonds is 5. The quantitative estimate of drug-likeness (QED) is 0.411. The molecule has 182 valence electrons. The van der Waals surface area contributed by atoms with E-state index in [0.717, 1.165) is 11.1 Å². The number of aliphatic hydroxyl groups is 1. The van der Waals surface area contributed by atoms with Gasteiger partial charge < -0.3 is 20.4 Å². The van der Waals surface area contributed by atoms with Crippen molar-refractivity contribution in [3.8, 4) is 11.8 Å². The first kappa shape index (κ1) is 24.5. The van der Waals surface area contributed by atoms with Crippen molar-refractivity contribution < 1.29 is 24.6 Å². The van der Waals surface area contributed by atoms with Gasteiger partial charge in [-0.2, -0.15) is 0 Å². The van der Waals surface area contributed by atoms with Crippen molar-refractivity contribution in [2.75, 3.05) is 17.2 Å². The van der Waals surface area contributed by atoms with Crippen LogP contribution in [0, 0.1) is 11.8 Å². The van der Waals surface area contributed by atoms with E-state index in [2.05, 4.69) is 22.5 Å². The van der Waals surface area contributed by atoms with Crippen molar-refractivity contribution in [3.05, 3.63) is 95.6 Å². The van der Waals surface area contributed by atoms with Crippen LogP contribution in [0.15, 0.2) is 78.9 Å². The van der Waals surface area contributed by atoms with Gasteiger partial charge in [-0.3, -0.25) is 14.9 Å². The minimum Gasteiger partial charge on any atom is -0.465 e. The summed E-state index contributed by atoms with van der Waals surface area (Å²) in [5.41, 5.74) is 3.01. The fourth-order valence-electron chi connectivity index (χ4n) is 4.01. The third-order valence-corrected chi connectivity index (χ3v) is 5.83. The van der Waals surface area contributed by atoms with E-state index in [1.54, 1.807) is 72.8 Å². The Morgan fingerprint density at radius 2 is 1.39 bits per heavy atom. The Morgan fingerprint density at radius 1 is 0.833 bits per heavy atom. The number of carbonyl (C=O) groups excluding carboxylic acids is 2. The highest BCUT2D eigenvalue weighted by atomic mass is 16.4. The van der Waals surface area contributed by atoms with E-state index in [1.807, 2.05) is 6.07 Å². The van der Waals surface area contributed by atoms with Crippen LogP contribution in [0.5, 0.6) is 0 Å². The second kappa shape index (κ2) is 11.2. The highest BCUT2D eigenvalue weighted by Crippen LogP contribution is 2.24. The summed E-state index contributed by atoms with van der Waals surface area (Å²) in [5, 5.41) is 24.3. The molecule has 4 N–H and O–H groups in total. The van der Waals surface area contributed by atoms with Gasteiger partial charge in [-0.05, 0) is 66.9 Å². The number of anilines is 2. The van der Waals surface area contributed by atoms with Crippen molar-refractivity contribution in [1.82, 2.24) is 4.90 Å². The monoisotopic (exact) mass is 483 g/mol. The van der Waals surface area contributed by atoms with Crippen LogP contribution in [0.3, 0.4) is 0 Å². The summed E-state index contributed by atoms with van der Waals surface area (Å²) in [6.45, 7) is 0.419. The highest BCUT2D eigenvalue weighted by Gasteiger charge is 2.37. The maximum absolute atomic E-state index is 12.9. The number of nitrogens with one attached hydrogen (secondary N) is 2. The summed E-state index contributed by atoms with van der Waals surface area (Å²) in [6, 6.07) is 21.8. The molecule has 0 saturated carbocycles. The molecule has 8 heteroatoms. The molecule has 1 saturated heterocycles. The molecule has 0 radical (unpaired) electrons. The Balaban J connectivity index is 1.36. The number of carboxylic acid groups (broad SMARTS) is 1. The van der Waals surface area contributed by atoms with Crippen LogP contribution in [-0.2, 0) is 9.59 Å². The van der Waals surface area contributed by atoms with E-state index in [0.29, 0.717) is 36.3 Å². The molecule has 3 amide bonds. The fraction of sp³-hybridized carbons (Fsp3) is 0.179. The van der Waals surface area contributed by atoms with Crippen molar-refractivity contribution in [2.45, 2.75) is 25.0 Å². The van der Waals surface area contributed by atoms with Crippen LogP contribution < -0.4 is 10.6 Å². The third-order valence-electron chi connectivity index (χ3n) is 5.83. The number of hydrogen-bond acceptors (Lipinski definition) is 4. The van der Waals surface area contributed by atoms with E-state index in [-0.39, 0.29) is 5.91 Å². The van der Waals surface area contributed by atoms with E-state index >= 15 is 0 Å². The summed E-state index contributed by atoms with van der Waals surface area (Å²) >= 11 is 0. The summed E-state index contributed by atoms with van der Waals surface area (Å²) in [4.78, 5) is 37.9. The van der Waals surface area contributed by atoms with Gasteiger partial charge in [0.15, 0.2) is 6.10 Å². The molecule has 0 aromatic heterocycles. The van der Waals surface area contributed by atoms with Gasteiger partial charge in [0, 0.05) is 29.0 Å². The molecular weight excluding hydrogens is 458 g/mol. The summed E-state index contributed by atoms with van der Waals surface area (Å²) in [5.74, 6) is 5.26. The van der Waals surface area contributed by atoms with Gasteiger partial charge in [0.25, 0.3) is 5.91 Å². The normalized spacial score (nSPS) is 15.4. The molecule has 36 heavy (non-hydrogen) atoms. The second-order valence-corrected chi connectivity index (χ2v) is 8.33. The molecule has 3 aromatic carbocycles. The van der Waals surface area contributed by atoms with Gasteiger partial charge in [0.2, 0.25) is 5.91 Å².